The molecule has 0 saturated heterocycles. The molecular weight excluding hydrogens is 338 g/mol. The molecular formula is C27H36N+. The van der Waals surface area contributed by atoms with E-state index in [0.717, 1.165) is 0 Å². The summed E-state index contributed by atoms with van der Waals surface area (Å²) in [6.07, 6.45) is 19.1. The van der Waals surface area contributed by atoms with Crippen LogP contribution in [0.5, 0.6) is 0 Å². The molecule has 0 aromatic heterocycles. The van der Waals surface area contributed by atoms with Gasteiger partial charge in [-0.05, 0) is 56.6 Å². The topological polar surface area (TPSA) is 3.01 Å². The van der Waals surface area contributed by atoms with Gasteiger partial charge in [0.15, 0.2) is 6.21 Å². The molecule has 0 spiro atoms. The molecule has 0 bridgehead atoms. The second kappa shape index (κ2) is 10.2. The number of nitrogens with zero attached hydrogens (tertiary/aromatic N) is 1. The van der Waals surface area contributed by atoms with Crippen molar-refractivity contribution in [3.63, 3.8) is 0 Å². The summed E-state index contributed by atoms with van der Waals surface area (Å²) in [5, 5.41) is 0. The predicted octanol–water partition coefficient (Wildman–Crippen LogP) is 7.56. The smallest absolute Gasteiger partial charge is 0.202 e. The quantitative estimate of drug-likeness (QED) is 0.274. The van der Waals surface area contributed by atoms with Gasteiger partial charge in [0.1, 0.15) is 7.05 Å². The van der Waals surface area contributed by atoms with E-state index in [1.807, 2.05) is 6.07 Å². The van der Waals surface area contributed by atoms with Gasteiger partial charge in [-0.3, -0.25) is 0 Å². The number of para-hydroxylation sites is 1. The van der Waals surface area contributed by atoms with Crippen molar-refractivity contribution in [3.05, 3.63) is 89.1 Å². The van der Waals surface area contributed by atoms with E-state index in [9.17, 15) is 0 Å². The molecule has 0 saturated carbocycles. The summed E-state index contributed by atoms with van der Waals surface area (Å²) < 4.78 is 2.13. The van der Waals surface area contributed by atoms with Crippen LogP contribution < -0.4 is 0 Å². The van der Waals surface area contributed by atoms with Crippen LogP contribution in [0, 0.1) is 5.41 Å². The summed E-state index contributed by atoms with van der Waals surface area (Å²) in [5.74, 6) is 0. The number of allylic oxidation sites excluding steroid dienone is 10. The Kier molecular flexibility index (Phi) is 7.99. The first-order valence-electron chi connectivity index (χ1n) is 10.3. The molecule has 0 radical (unpaired) electrons. The molecule has 1 aromatic carbocycles. The highest BCUT2D eigenvalue weighted by atomic mass is 15.0. The number of benzene rings is 1. The van der Waals surface area contributed by atoms with Gasteiger partial charge in [0, 0.05) is 18.2 Å². The molecule has 28 heavy (non-hydrogen) atoms. The van der Waals surface area contributed by atoms with E-state index in [0.29, 0.717) is 5.41 Å². The molecule has 1 heteroatoms. The molecule has 0 heterocycles. The Bertz CT molecular complexity index is 840. The van der Waals surface area contributed by atoms with Gasteiger partial charge in [0.05, 0.1) is 0 Å². The SMILES string of the molecule is CC1=C(/C=C/C(C)=C/C=C/C(C)=C/C=[N+](C)c2ccccc2)C(C)(C)CCC1. The minimum Gasteiger partial charge on any atom is -0.202 e. The fraction of sp³-hybridized carbons (Fsp3) is 0.370. The van der Waals surface area contributed by atoms with Gasteiger partial charge in [-0.15, -0.1) is 0 Å². The largest absolute Gasteiger partial charge is 0.204 e. The molecule has 1 aromatic rings. The molecule has 1 nitrogen and oxygen atoms in total. The van der Waals surface area contributed by atoms with E-state index < -0.39 is 0 Å². The van der Waals surface area contributed by atoms with Gasteiger partial charge in [0.2, 0.25) is 5.69 Å². The Hall–Kier alpha value is -2.41. The standard InChI is InChI=1S/C27H36N/c1-22(17-18-26-24(3)14-11-20-27(26,4)5)12-10-13-23(2)19-21-28(6)25-15-8-7-9-16-25/h7-10,12-13,15-19,21H,11,14,20H2,1-6H3/q+1/b13-10+,18-17+,22-12+,23-19+,28-21?. The lowest BCUT2D eigenvalue weighted by atomic mass is 9.72. The van der Waals surface area contributed by atoms with Crippen LogP contribution in [0.4, 0.5) is 5.69 Å². The molecule has 0 aliphatic heterocycles. The van der Waals surface area contributed by atoms with Gasteiger partial charge < -0.3 is 0 Å². The summed E-state index contributed by atoms with van der Waals surface area (Å²) >= 11 is 0. The monoisotopic (exact) mass is 374 g/mol. The second-order valence-corrected chi connectivity index (χ2v) is 8.54. The van der Waals surface area contributed by atoms with Gasteiger partial charge in [-0.1, -0.05) is 73.6 Å². The Morgan fingerprint density at radius 2 is 1.68 bits per heavy atom. The average molecular weight is 375 g/mol. The molecule has 2 rings (SSSR count). The van der Waals surface area contributed by atoms with E-state index in [1.165, 1.54) is 41.7 Å². The highest BCUT2D eigenvalue weighted by Gasteiger charge is 2.26. The maximum atomic E-state index is 2.37. The highest BCUT2D eigenvalue weighted by molar-refractivity contribution is 5.69. The number of hydrogen-bond acceptors (Lipinski definition) is 0. The van der Waals surface area contributed by atoms with Crippen molar-refractivity contribution < 1.29 is 4.58 Å². The zero-order valence-corrected chi connectivity index (χ0v) is 18.5. The lowest BCUT2D eigenvalue weighted by molar-refractivity contribution is -0.398. The molecule has 0 unspecified atom stereocenters. The Morgan fingerprint density at radius 1 is 1.00 bits per heavy atom. The fourth-order valence-electron chi connectivity index (χ4n) is 3.67. The molecule has 0 fully saturated rings. The van der Waals surface area contributed by atoms with Crippen LogP contribution >= 0.6 is 0 Å². The van der Waals surface area contributed by atoms with Crippen LogP contribution in [0.15, 0.2) is 89.1 Å². The Balaban J connectivity index is 2.01. The van der Waals surface area contributed by atoms with E-state index in [1.54, 1.807) is 5.57 Å². The minimum atomic E-state index is 0.300. The first-order chi connectivity index (χ1) is 13.3. The molecule has 1 aliphatic rings. The van der Waals surface area contributed by atoms with Crippen LogP contribution in [-0.4, -0.2) is 17.8 Å². The van der Waals surface area contributed by atoms with Crippen LogP contribution in [0.2, 0.25) is 0 Å². The lowest BCUT2D eigenvalue weighted by Crippen LogP contribution is -2.19. The van der Waals surface area contributed by atoms with Gasteiger partial charge >= 0.3 is 0 Å². The number of hydrogen-bond donors (Lipinski definition) is 0. The van der Waals surface area contributed by atoms with Crippen molar-refractivity contribution in [3.8, 4) is 0 Å². The summed E-state index contributed by atoms with van der Waals surface area (Å²) in [6.45, 7) is 11.3. The van der Waals surface area contributed by atoms with Crippen molar-refractivity contribution in [2.45, 2.75) is 53.9 Å². The third-order valence-corrected chi connectivity index (χ3v) is 5.50. The van der Waals surface area contributed by atoms with Crippen LogP contribution in [-0.2, 0) is 0 Å². The van der Waals surface area contributed by atoms with E-state index in [2.05, 4.69) is 113 Å². The van der Waals surface area contributed by atoms with E-state index in [4.69, 9.17) is 0 Å². The summed E-state index contributed by atoms with van der Waals surface area (Å²) in [4.78, 5) is 0. The minimum absolute atomic E-state index is 0.300. The van der Waals surface area contributed by atoms with Gasteiger partial charge in [0.25, 0.3) is 0 Å². The molecule has 148 valence electrons. The van der Waals surface area contributed by atoms with E-state index >= 15 is 0 Å². The lowest BCUT2D eigenvalue weighted by Gasteiger charge is -2.32. The van der Waals surface area contributed by atoms with E-state index in [-0.39, 0.29) is 0 Å². The van der Waals surface area contributed by atoms with Crippen molar-refractivity contribution in [1.82, 2.24) is 0 Å². The predicted molar refractivity (Wildman–Crippen MR) is 124 cm³/mol. The van der Waals surface area contributed by atoms with Crippen LogP contribution in [0.25, 0.3) is 0 Å². The molecule has 1 aliphatic carbocycles. The Morgan fingerprint density at radius 3 is 2.36 bits per heavy atom. The highest BCUT2D eigenvalue weighted by Crippen LogP contribution is 2.40. The molecule has 0 N–H and O–H groups in total. The first-order valence-corrected chi connectivity index (χ1v) is 10.3. The zero-order chi connectivity index (χ0) is 20.6. The summed E-state index contributed by atoms with van der Waals surface area (Å²) in [5.41, 5.74) is 7.05. The normalized spacial score (nSPS) is 19.1. The van der Waals surface area contributed by atoms with Crippen LogP contribution in [0.1, 0.15) is 53.9 Å². The third-order valence-electron chi connectivity index (χ3n) is 5.50. The Labute approximate surface area is 172 Å². The summed E-state index contributed by atoms with van der Waals surface area (Å²) in [7, 11) is 2.07. The van der Waals surface area contributed by atoms with Crippen molar-refractivity contribution in [2.24, 2.45) is 5.41 Å². The van der Waals surface area contributed by atoms with Crippen molar-refractivity contribution in [1.29, 1.82) is 0 Å². The molecule has 0 atom stereocenters. The third kappa shape index (κ3) is 6.64. The van der Waals surface area contributed by atoms with Crippen LogP contribution in [0.3, 0.4) is 0 Å². The number of rotatable bonds is 6. The second-order valence-electron chi connectivity index (χ2n) is 8.54. The zero-order valence-electron chi connectivity index (χ0n) is 18.5. The average Bonchev–Trinajstić information content (AvgIpc) is 2.66. The van der Waals surface area contributed by atoms with Crippen molar-refractivity contribution in [2.75, 3.05) is 7.05 Å². The molecule has 0 amide bonds. The van der Waals surface area contributed by atoms with Crippen molar-refractivity contribution >= 4 is 11.9 Å². The van der Waals surface area contributed by atoms with Gasteiger partial charge in [-0.2, -0.15) is 0 Å². The maximum absolute atomic E-state index is 2.37. The van der Waals surface area contributed by atoms with Gasteiger partial charge in [-0.25, -0.2) is 4.58 Å². The fourth-order valence-corrected chi connectivity index (χ4v) is 3.67. The maximum Gasteiger partial charge on any atom is 0.204 e. The first kappa shape index (κ1) is 21.9. The summed E-state index contributed by atoms with van der Waals surface area (Å²) in [6, 6.07) is 10.4.